The molecule has 0 radical (unpaired) electrons. The number of nitrogen functional groups attached to an aromatic ring is 1. The molecule has 2 aromatic heterocycles. The molecule has 0 bridgehead atoms. The van der Waals surface area contributed by atoms with Crippen molar-refractivity contribution >= 4 is 52.0 Å². The van der Waals surface area contributed by atoms with Gasteiger partial charge in [-0.3, -0.25) is 4.68 Å². The molecular formula is C20H16Cl2FN7. The van der Waals surface area contributed by atoms with Gasteiger partial charge >= 0.3 is 0 Å². The summed E-state index contributed by atoms with van der Waals surface area (Å²) in [6, 6.07) is 9.32. The van der Waals surface area contributed by atoms with E-state index in [4.69, 9.17) is 28.9 Å². The average Bonchev–Trinajstić information content (AvgIpc) is 3.09. The second-order valence-corrected chi connectivity index (χ2v) is 7.38. The minimum atomic E-state index is -0.473. The summed E-state index contributed by atoms with van der Waals surface area (Å²) < 4.78 is 16.0. The minimum absolute atomic E-state index is 0.176. The highest BCUT2D eigenvalue weighted by molar-refractivity contribution is 6.35. The van der Waals surface area contributed by atoms with Crippen molar-refractivity contribution in [3.63, 3.8) is 0 Å². The van der Waals surface area contributed by atoms with Gasteiger partial charge in [0.1, 0.15) is 11.6 Å². The lowest BCUT2D eigenvalue weighted by molar-refractivity contribution is 0.632. The van der Waals surface area contributed by atoms with Crippen LogP contribution < -0.4 is 16.4 Å². The molecular weight excluding hydrogens is 428 g/mol. The van der Waals surface area contributed by atoms with Gasteiger partial charge in [-0.1, -0.05) is 23.2 Å². The zero-order chi connectivity index (χ0) is 21.3. The number of nitrogens with zero attached hydrogens (tertiary/aromatic N) is 4. The lowest BCUT2D eigenvalue weighted by atomic mass is 10.1. The van der Waals surface area contributed by atoms with Crippen molar-refractivity contribution in [3.8, 4) is 11.1 Å². The number of hydrogen-bond donors (Lipinski definition) is 3. The summed E-state index contributed by atoms with van der Waals surface area (Å²) in [5, 5.41) is 11.1. The van der Waals surface area contributed by atoms with E-state index in [0.717, 1.165) is 0 Å². The Morgan fingerprint density at radius 1 is 1.03 bits per heavy atom. The molecule has 0 aliphatic heterocycles. The number of rotatable bonds is 5. The summed E-state index contributed by atoms with van der Waals surface area (Å²) in [7, 11) is 1.80. The fourth-order valence-electron chi connectivity index (χ4n) is 2.84. The van der Waals surface area contributed by atoms with E-state index in [-0.39, 0.29) is 5.69 Å². The number of aryl methyl sites for hydroxylation is 1. The molecule has 4 rings (SSSR count). The van der Waals surface area contributed by atoms with Crippen molar-refractivity contribution in [2.24, 2.45) is 7.05 Å². The Morgan fingerprint density at radius 3 is 2.50 bits per heavy atom. The fraction of sp³-hybridized carbons (Fsp3) is 0.0500. The van der Waals surface area contributed by atoms with E-state index >= 15 is 0 Å². The van der Waals surface area contributed by atoms with Crippen LogP contribution in [0.3, 0.4) is 0 Å². The number of anilines is 5. The lowest BCUT2D eigenvalue weighted by Crippen LogP contribution is -2.04. The summed E-state index contributed by atoms with van der Waals surface area (Å²) in [6.45, 7) is 0. The van der Waals surface area contributed by atoms with Gasteiger partial charge in [-0.05, 0) is 42.0 Å². The van der Waals surface area contributed by atoms with E-state index in [1.165, 1.54) is 18.2 Å². The van der Waals surface area contributed by atoms with E-state index in [0.29, 0.717) is 44.3 Å². The summed E-state index contributed by atoms with van der Waals surface area (Å²) in [5.74, 6) is 0.172. The second kappa shape index (κ2) is 8.17. The predicted molar refractivity (Wildman–Crippen MR) is 118 cm³/mol. The molecule has 0 aliphatic carbocycles. The third kappa shape index (κ3) is 4.45. The Balaban J connectivity index is 1.79. The summed E-state index contributed by atoms with van der Waals surface area (Å²) in [5.41, 5.74) is 8.36. The first-order chi connectivity index (χ1) is 14.4. The number of benzene rings is 2. The predicted octanol–water partition coefficient (Wildman–Crippen LogP) is 5.39. The molecule has 30 heavy (non-hydrogen) atoms. The molecule has 0 amide bonds. The third-order valence-electron chi connectivity index (χ3n) is 4.17. The molecule has 0 fully saturated rings. The first-order valence-corrected chi connectivity index (χ1v) is 9.54. The molecule has 0 atom stereocenters. The second-order valence-electron chi connectivity index (χ2n) is 6.51. The lowest BCUT2D eigenvalue weighted by Gasteiger charge is -2.14. The van der Waals surface area contributed by atoms with Crippen LogP contribution in [0.2, 0.25) is 10.0 Å². The van der Waals surface area contributed by atoms with Crippen molar-refractivity contribution in [1.29, 1.82) is 0 Å². The van der Waals surface area contributed by atoms with Gasteiger partial charge in [-0.25, -0.2) is 9.37 Å². The van der Waals surface area contributed by atoms with Gasteiger partial charge in [0.25, 0.3) is 0 Å². The summed E-state index contributed by atoms with van der Waals surface area (Å²) in [6.07, 6.45) is 5.01. The fourth-order valence-corrected chi connectivity index (χ4v) is 3.37. The Labute approximate surface area is 181 Å². The van der Waals surface area contributed by atoms with Gasteiger partial charge < -0.3 is 16.4 Å². The molecule has 2 aromatic carbocycles. The van der Waals surface area contributed by atoms with E-state index in [2.05, 4.69) is 25.7 Å². The number of aromatic nitrogens is 4. The third-order valence-corrected chi connectivity index (χ3v) is 4.60. The molecule has 0 spiro atoms. The monoisotopic (exact) mass is 443 g/mol. The van der Waals surface area contributed by atoms with Gasteiger partial charge in [-0.15, -0.1) is 0 Å². The van der Waals surface area contributed by atoms with Gasteiger partial charge in [0.2, 0.25) is 5.95 Å². The van der Waals surface area contributed by atoms with Crippen LogP contribution in [0.25, 0.3) is 11.1 Å². The number of hydrogen-bond acceptors (Lipinski definition) is 6. The zero-order valence-electron chi connectivity index (χ0n) is 15.7. The Bertz CT molecular complexity index is 1210. The summed E-state index contributed by atoms with van der Waals surface area (Å²) in [4.78, 5) is 8.87. The topological polar surface area (TPSA) is 93.7 Å². The van der Waals surface area contributed by atoms with Crippen LogP contribution in [0.4, 0.5) is 33.2 Å². The Kier molecular flexibility index (Phi) is 5.43. The number of nitrogens with one attached hydrogen (secondary N) is 2. The van der Waals surface area contributed by atoms with Crippen molar-refractivity contribution in [3.05, 3.63) is 70.9 Å². The summed E-state index contributed by atoms with van der Waals surface area (Å²) >= 11 is 12.3. The van der Waals surface area contributed by atoms with E-state index in [1.807, 2.05) is 0 Å². The van der Waals surface area contributed by atoms with Crippen LogP contribution in [-0.4, -0.2) is 19.7 Å². The van der Waals surface area contributed by atoms with Crippen LogP contribution in [-0.2, 0) is 7.05 Å². The highest BCUT2D eigenvalue weighted by Crippen LogP contribution is 2.34. The molecule has 2 heterocycles. The maximum absolute atomic E-state index is 14.3. The van der Waals surface area contributed by atoms with Crippen molar-refractivity contribution < 1.29 is 4.39 Å². The van der Waals surface area contributed by atoms with Gasteiger partial charge in [0, 0.05) is 40.7 Å². The Hall–Kier alpha value is -3.36. The molecule has 0 unspecified atom stereocenters. The largest absolute Gasteiger partial charge is 0.399 e. The average molecular weight is 444 g/mol. The van der Waals surface area contributed by atoms with Gasteiger partial charge in [-0.2, -0.15) is 10.1 Å². The molecule has 0 saturated carbocycles. The molecule has 10 heteroatoms. The maximum atomic E-state index is 14.3. The van der Waals surface area contributed by atoms with E-state index in [9.17, 15) is 4.39 Å². The van der Waals surface area contributed by atoms with Crippen LogP contribution in [0.15, 0.2) is 55.0 Å². The highest BCUT2D eigenvalue weighted by Gasteiger charge is 2.14. The number of halogens is 3. The van der Waals surface area contributed by atoms with Gasteiger partial charge in [0.15, 0.2) is 0 Å². The minimum Gasteiger partial charge on any atom is -0.399 e. The molecule has 7 nitrogen and oxygen atoms in total. The normalized spacial score (nSPS) is 10.8. The quantitative estimate of drug-likeness (QED) is 0.358. The maximum Gasteiger partial charge on any atom is 0.229 e. The smallest absolute Gasteiger partial charge is 0.229 e. The Morgan fingerprint density at radius 2 is 1.80 bits per heavy atom. The molecule has 4 aromatic rings. The molecule has 152 valence electrons. The number of nitrogens with two attached hydrogens (primary N) is 1. The van der Waals surface area contributed by atoms with Crippen LogP contribution in [0, 0.1) is 5.82 Å². The van der Waals surface area contributed by atoms with Crippen LogP contribution in [0.1, 0.15) is 0 Å². The zero-order valence-corrected chi connectivity index (χ0v) is 17.2. The van der Waals surface area contributed by atoms with Crippen LogP contribution >= 0.6 is 23.2 Å². The van der Waals surface area contributed by atoms with Gasteiger partial charge in [0.05, 0.1) is 17.6 Å². The standard InChI is InChI=1S/C20H16Cl2FN7/c1-30-10-15(8-26-30)27-20-25-9-16(11-4-12(21)6-13(22)5-11)19(29-20)28-18-7-14(24)2-3-17(18)23/h2-10H,24H2,1H3,(H2,25,27,28,29). The van der Waals surface area contributed by atoms with Crippen molar-refractivity contribution in [2.45, 2.75) is 0 Å². The van der Waals surface area contributed by atoms with Crippen molar-refractivity contribution in [1.82, 2.24) is 19.7 Å². The molecule has 0 saturated heterocycles. The SMILES string of the molecule is Cn1cc(Nc2ncc(-c3cc(Cl)cc(Cl)c3)c(Nc3cc(N)ccc3F)n2)cn1. The van der Waals surface area contributed by atoms with Crippen molar-refractivity contribution in [2.75, 3.05) is 16.4 Å². The first-order valence-electron chi connectivity index (χ1n) is 8.78. The van der Waals surface area contributed by atoms with Crippen LogP contribution in [0.5, 0.6) is 0 Å². The van der Waals surface area contributed by atoms with E-state index in [1.54, 1.807) is 48.5 Å². The first kappa shape index (κ1) is 19.9. The molecule has 0 aliphatic rings. The molecule has 4 N–H and O–H groups in total. The highest BCUT2D eigenvalue weighted by atomic mass is 35.5. The van der Waals surface area contributed by atoms with E-state index < -0.39 is 5.82 Å².